The third-order valence-corrected chi connectivity index (χ3v) is 2.74. The minimum Gasteiger partial charge on any atom is -0.417 e. The van der Waals surface area contributed by atoms with E-state index in [1.54, 1.807) is 0 Å². The quantitative estimate of drug-likeness (QED) is 0.606. The van der Waals surface area contributed by atoms with E-state index in [-0.39, 0.29) is 0 Å². The molecule has 0 atom stereocenters. The second kappa shape index (κ2) is 4.05. The summed E-state index contributed by atoms with van der Waals surface area (Å²) in [6, 6.07) is 0. The van der Waals surface area contributed by atoms with Gasteiger partial charge in [-0.15, -0.1) is 0 Å². The summed E-state index contributed by atoms with van der Waals surface area (Å²) in [6.45, 7) is 7.52. The van der Waals surface area contributed by atoms with E-state index >= 15 is 0 Å². The third kappa shape index (κ3) is 3.88. The van der Waals surface area contributed by atoms with Crippen LogP contribution in [0.2, 0.25) is 19.6 Å². The summed E-state index contributed by atoms with van der Waals surface area (Å²) in [6.07, 6.45) is 9.59. The number of allylic oxidation sites excluding steroid dienone is 3. The van der Waals surface area contributed by atoms with Gasteiger partial charge in [0.15, 0.2) is 8.32 Å². The van der Waals surface area contributed by atoms with E-state index in [0.29, 0.717) is 0 Å². The average molecular weight is 181 g/mol. The van der Waals surface area contributed by atoms with Crippen LogP contribution in [0, 0.1) is 6.08 Å². The molecule has 1 radical (unpaired) electrons. The van der Waals surface area contributed by atoms with E-state index in [1.807, 2.05) is 0 Å². The van der Waals surface area contributed by atoms with Crippen molar-refractivity contribution in [2.75, 3.05) is 6.61 Å². The maximum Gasteiger partial charge on any atom is 0.183 e. The van der Waals surface area contributed by atoms with E-state index in [2.05, 4.69) is 37.9 Å². The van der Waals surface area contributed by atoms with Crippen molar-refractivity contribution in [2.24, 2.45) is 0 Å². The largest absolute Gasteiger partial charge is 0.417 e. The van der Waals surface area contributed by atoms with Crippen molar-refractivity contribution in [3.8, 4) is 0 Å². The minimum absolute atomic E-state index is 0.863. The number of hydrogen-bond acceptors (Lipinski definition) is 1. The molecular weight excluding hydrogens is 164 g/mol. The first-order valence-electron chi connectivity index (χ1n) is 4.48. The Bertz CT molecular complexity index is 198. The first-order valence-corrected chi connectivity index (χ1v) is 7.89. The molecule has 1 nitrogen and oxygen atoms in total. The van der Waals surface area contributed by atoms with Crippen molar-refractivity contribution >= 4 is 8.32 Å². The lowest BCUT2D eigenvalue weighted by Crippen LogP contribution is -2.25. The van der Waals surface area contributed by atoms with Crippen LogP contribution in [0.15, 0.2) is 17.7 Å². The van der Waals surface area contributed by atoms with E-state index in [9.17, 15) is 0 Å². The predicted octanol–water partition coefficient (Wildman–Crippen LogP) is 2.92. The molecule has 0 saturated heterocycles. The summed E-state index contributed by atoms with van der Waals surface area (Å²) < 4.78 is 5.74. The molecular formula is C10H17OSi. The van der Waals surface area contributed by atoms with Gasteiger partial charge in [-0.2, -0.15) is 0 Å². The van der Waals surface area contributed by atoms with Crippen molar-refractivity contribution in [2.45, 2.75) is 32.5 Å². The smallest absolute Gasteiger partial charge is 0.183 e. The molecule has 0 N–H and O–H groups in total. The Balaban J connectivity index is 2.14. The minimum atomic E-state index is -1.29. The fourth-order valence-corrected chi connectivity index (χ4v) is 1.80. The standard InChI is InChI=1S/C10H17OSi/c1-12(2,3)11-9-8-10-6-4-5-7-10/h4,6H,5,8-9H2,1-3H3. The SMILES string of the molecule is C[Si](C)(C)OCCC1=[C]CC=C1. The molecule has 0 heterocycles. The summed E-state index contributed by atoms with van der Waals surface area (Å²) in [7, 11) is -1.29. The van der Waals surface area contributed by atoms with Crippen LogP contribution in [0.3, 0.4) is 0 Å². The molecule has 0 aromatic rings. The Morgan fingerprint density at radius 1 is 1.50 bits per heavy atom. The van der Waals surface area contributed by atoms with Gasteiger partial charge in [0.25, 0.3) is 0 Å². The fourth-order valence-electron chi connectivity index (χ4n) is 1.09. The van der Waals surface area contributed by atoms with E-state index in [0.717, 1.165) is 19.4 Å². The molecule has 12 heavy (non-hydrogen) atoms. The molecule has 0 aromatic carbocycles. The van der Waals surface area contributed by atoms with Crippen molar-refractivity contribution in [1.82, 2.24) is 0 Å². The zero-order valence-electron chi connectivity index (χ0n) is 8.18. The van der Waals surface area contributed by atoms with Crippen LogP contribution in [0.5, 0.6) is 0 Å². The molecule has 0 fully saturated rings. The maximum atomic E-state index is 5.74. The van der Waals surface area contributed by atoms with Gasteiger partial charge in [-0.3, -0.25) is 0 Å². The molecule has 0 aromatic heterocycles. The first kappa shape index (κ1) is 9.74. The Hall–Kier alpha value is -0.343. The molecule has 0 aliphatic heterocycles. The van der Waals surface area contributed by atoms with Crippen LogP contribution in [0.1, 0.15) is 12.8 Å². The summed E-state index contributed by atoms with van der Waals surface area (Å²) in [5.41, 5.74) is 1.31. The normalized spacial score (nSPS) is 16.8. The highest BCUT2D eigenvalue weighted by Gasteiger charge is 2.13. The van der Waals surface area contributed by atoms with E-state index < -0.39 is 8.32 Å². The van der Waals surface area contributed by atoms with Crippen LogP contribution in [-0.2, 0) is 4.43 Å². The lowest BCUT2D eigenvalue weighted by molar-refractivity contribution is 0.316. The van der Waals surface area contributed by atoms with Gasteiger partial charge >= 0.3 is 0 Å². The molecule has 1 aliphatic carbocycles. The predicted molar refractivity (Wildman–Crippen MR) is 54.4 cm³/mol. The van der Waals surface area contributed by atoms with Crippen molar-refractivity contribution in [3.63, 3.8) is 0 Å². The Morgan fingerprint density at radius 3 is 2.75 bits per heavy atom. The zero-order valence-corrected chi connectivity index (χ0v) is 9.18. The fraction of sp³-hybridized carbons (Fsp3) is 0.600. The summed E-state index contributed by atoms with van der Waals surface area (Å²) in [5.74, 6) is 0. The average Bonchev–Trinajstić information content (AvgIpc) is 2.36. The number of rotatable bonds is 4. The molecule has 1 rings (SSSR count). The van der Waals surface area contributed by atoms with Crippen molar-refractivity contribution in [1.29, 1.82) is 0 Å². The lowest BCUT2D eigenvalue weighted by atomic mass is 10.2. The van der Waals surface area contributed by atoms with E-state index in [4.69, 9.17) is 4.43 Å². The zero-order chi connectivity index (χ0) is 9.03. The van der Waals surface area contributed by atoms with Crippen molar-refractivity contribution < 1.29 is 4.43 Å². The van der Waals surface area contributed by atoms with Gasteiger partial charge < -0.3 is 4.43 Å². The maximum absolute atomic E-state index is 5.74. The monoisotopic (exact) mass is 181 g/mol. The molecule has 0 saturated carbocycles. The molecule has 1 aliphatic rings. The summed E-state index contributed by atoms with van der Waals surface area (Å²) in [4.78, 5) is 0. The van der Waals surface area contributed by atoms with Crippen LogP contribution < -0.4 is 0 Å². The van der Waals surface area contributed by atoms with Gasteiger partial charge in [-0.1, -0.05) is 12.2 Å². The topological polar surface area (TPSA) is 9.23 Å². The Morgan fingerprint density at radius 2 is 2.25 bits per heavy atom. The lowest BCUT2D eigenvalue weighted by Gasteiger charge is -2.16. The van der Waals surface area contributed by atoms with Gasteiger partial charge in [0.1, 0.15) is 0 Å². The van der Waals surface area contributed by atoms with Gasteiger partial charge in [-0.25, -0.2) is 0 Å². The molecule has 0 amide bonds. The second-order valence-electron chi connectivity index (χ2n) is 4.02. The van der Waals surface area contributed by atoms with Gasteiger partial charge in [0.2, 0.25) is 0 Å². The van der Waals surface area contributed by atoms with Crippen LogP contribution in [0.4, 0.5) is 0 Å². The van der Waals surface area contributed by atoms with Crippen LogP contribution >= 0.6 is 0 Å². The first-order chi connectivity index (χ1) is 5.58. The summed E-state index contributed by atoms with van der Waals surface area (Å²) in [5, 5.41) is 0. The molecule has 0 bridgehead atoms. The Labute approximate surface area is 76.3 Å². The Kier molecular flexibility index (Phi) is 3.29. The number of hydrogen-bond donors (Lipinski definition) is 0. The van der Waals surface area contributed by atoms with Gasteiger partial charge in [0.05, 0.1) is 0 Å². The van der Waals surface area contributed by atoms with Crippen LogP contribution in [-0.4, -0.2) is 14.9 Å². The molecule has 0 unspecified atom stereocenters. The van der Waals surface area contributed by atoms with Gasteiger partial charge in [-0.05, 0) is 44.1 Å². The highest BCUT2D eigenvalue weighted by atomic mass is 28.4. The molecule has 0 spiro atoms. The van der Waals surface area contributed by atoms with Gasteiger partial charge in [0, 0.05) is 6.61 Å². The molecule has 67 valence electrons. The second-order valence-corrected chi connectivity index (χ2v) is 8.53. The third-order valence-electron chi connectivity index (χ3n) is 1.67. The highest BCUT2D eigenvalue weighted by Crippen LogP contribution is 2.13. The molecule has 2 heteroatoms. The van der Waals surface area contributed by atoms with Crippen LogP contribution in [0.25, 0.3) is 0 Å². The summed E-state index contributed by atoms with van der Waals surface area (Å²) >= 11 is 0. The highest BCUT2D eigenvalue weighted by molar-refractivity contribution is 6.69. The van der Waals surface area contributed by atoms with Crippen molar-refractivity contribution in [3.05, 3.63) is 23.8 Å². The van der Waals surface area contributed by atoms with E-state index in [1.165, 1.54) is 5.57 Å².